The highest BCUT2D eigenvalue weighted by molar-refractivity contribution is 5.32. The summed E-state index contributed by atoms with van der Waals surface area (Å²) in [5, 5.41) is 20.9. The Morgan fingerprint density at radius 2 is 1.89 bits per heavy atom. The molecule has 1 atom stereocenters. The Morgan fingerprint density at radius 1 is 1.32 bits per heavy atom. The molecule has 1 aromatic rings. The summed E-state index contributed by atoms with van der Waals surface area (Å²) in [4.78, 5) is 0. The van der Waals surface area contributed by atoms with E-state index in [-0.39, 0.29) is 19.4 Å². The van der Waals surface area contributed by atoms with Gasteiger partial charge in [0.15, 0.2) is 0 Å². The second kappa shape index (κ2) is 4.83. The predicted octanol–water partition coefficient (Wildman–Crippen LogP) is 2.28. The van der Waals surface area contributed by atoms with Crippen molar-refractivity contribution in [2.45, 2.75) is 30.7 Å². The van der Waals surface area contributed by atoms with Crippen molar-refractivity contribution in [3.05, 3.63) is 35.4 Å². The number of hydrogen-bond donors (Lipinski definition) is 2. The Hall–Kier alpha value is -1.58. The molecule has 102 valence electrons. The van der Waals surface area contributed by atoms with Crippen LogP contribution in [0.2, 0.25) is 0 Å². The van der Waals surface area contributed by atoms with Crippen molar-refractivity contribution in [3.8, 4) is 6.07 Å². The average molecular weight is 270 g/mol. The number of β-amino-alcohol motifs (C(OH)–C–C–N with tert-alkyl or cyclic N) is 1. The maximum atomic E-state index is 12.7. The van der Waals surface area contributed by atoms with E-state index in [0.29, 0.717) is 11.1 Å². The van der Waals surface area contributed by atoms with Crippen molar-refractivity contribution in [3.63, 3.8) is 0 Å². The first-order valence-corrected chi connectivity index (χ1v) is 5.88. The third-order valence-corrected chi connectivity index (χ3v) is 3.35. The fraction of sp³-hybridized carbons (Fsp3) is 0.462. The molecular formula is C13H13F3N2O. The molecule has 2 rings (SSSR count). The molecule has 0 heterocycles. The van der Waals surface area contributed by atoms with E-state index in [1.807, 2.05) is 6.07 Å². The first-order chi connectivity index (χ1) is 8.88. The van der Waals surface area contributed by atoms with Crippen LogP contribution in [0.4, 0.5) is 13.2 Å². The Labute approximate surface area is 108 Å². The Bertz CT molecular complexity index is 486. The predicted molar refractivity (Wildman–Crippen MR) is 62.1 cm³/mol. The zero-order chi connectivity index (χ0) is 14.1. The highest BCUT2D eigenvalue weighted by atomic mass is 19.4. The largest absolute Gasteiger partial charge is 0.406 e. The lowest BCUT2D eigenvalue weighted by Gasteiger charge is -2.22. The average Bonchev–Trinajstić information content (AvgIpc) is 3.16. The summed E-state index contributed by atoms with van der Waals surface area (Å²) in [5.41, 5.74) is -0.886. The summed E-state index contributed by atoms with van der Waals surface area (Å²) in [6.45, 7) is -0.161. The van der Waals surface area contributed by atoms with E-state index in [1.54, 1.807) is 0 Å². The molecular weight excluding hydrogens is 257 g/mol. The van der Waals surface area contributed by atoms with Crippen LogP contribution >= 0.6 is 0 Å². The molecule has 3 nitrogen and oxygen atoms in total. The van der Waals surface area contributed by atoms with Crippen LogP contribution in [0.1, 0.15) is 30.1 Å². The first kappa shape index (κ1) is 13.8. The first-order valence-electron chi connectivity index (χ1n) is 5.88. The van der Waals surface area contributed by atoms with Crippen LogP contribution in [0.3, 0.4) is 0 Å². The maximum absolute atomic E-state index is 12.7. The number of halogens is 3. The number of aliphatic hydroxyl groups excluding tert-OH is 1. The number of nitrogens with zero attached hydrogens (tertiary/aromatic N) is 1. The van der Waals surface area contributed by atoms with Gasteiger partial charge in [0.05, 0.1) is 17.7 Å². The summed E-state index contributed by atoms with van der Waals surface area (Å²) in [6, 6.07) is 8.06. The van der Waals surface area contributed by atoms with Gasteiger partial charge < -0.3 is 10.4 Å². The van der Waals surface area contributed by atoms with E-state index in [4.69, 9.17) is 5.26 Å². The zero-order valence-corrected chi connectivity index (χ0v) is 10.0. The number of aliphatic hydroxyl groups is 1. The second-order valence-electron chi connectivity index (χ2n) is 4.71. The Morgan fingerprint density at radius 3 is 2.32 bits per heavy atom. The minimum Gasteiger partial charge on any atom is -0.387 e. The molecule has 0 radical (unpaired) electrons. The van der Waals surface area contributed by atoms with E-state index < -0.39 is 17.8 Å². The van der Waals surface area contributed by atoms with E-state index in [2.05, 4.69) is 5.32 Å². The van der Waals surface area contributed by atoms with Gasteiger partial charge in [-0.15, -0.1) is 0 Å². The fourth-order valence-corrected chi connectivity index (χ4v) is 1.88. The highest BCUT2D eigenvalue weighted by Crippen LogP contribution is 2.48. The molecule has 1 saturated carbocycles. The minimum absolute atomic E-state index is 0.0522. The molecule has 0 saturated heterocycles. The maximum Gasteiger partial charge on any atom is 0.406 e. The zero-order valence-electron chi connectivity index (χ0n) is 10.0. The van der Waals surface area contributed by atoms with Crippen LogP contribution in [0.25, 0.3) is 0 Å². The molecule has 0 aromatic heterocycles. The van der Waals surface area contributed by atoms with Gasteiger partial charge in [-0.25, -0.2) is 0 Å². The van der Waals surface area contributed by atoms with Crippen LogP contribution in [-0.2, 0) is 0 Å². The summed E-state index contributed by atoms with van der Waals surface area (Å²) in [5.74, 6) is 0. The molecule has 0 aliphatic heterocycles. The molecule has 0 amide bonds. The number of nitriles is 1. The van der Waals surface area contributed by atoms with Gasteiger partial charge in [-0.1, -0.05) is 12.1 Å². The molecule has 1 fully saturated rings. The van der Waals surface area contributed by atoms with Gasteiger partial charge in [-0.05, 0) is 30.5 Å². The smallest absolute Gasteiger partial charge is 0.387 e. The van der Waals surface area contributed by atoms with Crippen molar-refractivity contribution in [2.75, 3.05) is 6.54 Å². The third-order valence-electron chi connectivity index (χ3n) is 3.35. The lowest BCUT2D eigenvalue weighted by molar-refractivity contribution is -0.166. The van der Waals surface area contributed by atoms with Crippen LogP contribution < -0.4 is 5.32 Å². The third kappa shape index (κ3) is 2.88. The highest BCUT2D eigenvalue weighted by Gasteiger charge is 2.63. The molecule has 6 heteroatoms. The van der Waals surface area contributed by atoms with Crippen molar-refractivity contribution in [2.24, 2.45) is 0 Å². The second-order valence-corrected chi connectivity index (χ2v) is 4.71. The van der Waals surface area contributed by atoms with E-state index in [1.165, 1.54) is 24.3 Å². The van der Waals surface area contributed by atoms with Crippen molar-refractivity contribution < 1.29 is 18.3 Å². The van der Waals surface area contributed by atoms with E-state index in [9.17, 15) is 18.3 Å². The standard InChI is InChI=1S/C13H13F3N2O/c14-13(15,16)12(5-6-12)18-8-11(19)10-3-1-9(7-17)2-4-10/h1-4,11,18-19H,5-6,8H2. The van der Waals surface area contributed by atoms with Crippen LogP contribution in [0, 0.1) is 11.3 Å². The van der Waals surface area contributed by atoms with Gasteiger partial charge in [0.25, 0.3) is 0 Å². The molecule has 19 heavy (non-hydrogen) atoms. The lowest BCUT2D eigenvalue weighted by atomic mass is 10.1. The van der Waals surface area contributed by atoms with Crippen molar-refractivity contribution in [1.29, 1.82) is 5.26 Å². The lowest BCUT2D eigenvalue weighted by Crippen LogP contribution is -2.46. The SMILES string of the molecule is N#Cc1ccc(C(O)CNC2(C(F)(F)F)CC2)cc1. The van der Waals surface area contributed by atoms with Gasteiger partial charge in [0, 0.05) is 6.54 Å². The van der Waals surface area contributed by atoms with Gasteiger partial charge in [0.2, 0.25) is 0 Å². The summed E-state index contributed by atoms with van der Waals surface area (Å²) >= 11 is 0. The van der Waals surface area contributed by atoms with Gasteiger partial charge >= 0.3 is 6.18 Å². The molecule has 1 unspecified atom stereocenters. The Kier molecular flexibility index (Phi) is 3.52. The number of hydrogen-bond acceptors (Lipinski definition) is 3. The number of alkyl halides is 3. The Balaban J connectivity index is 1.95. The molecule has 0 bridgehead atoms. The van der Waals surface area contributed by atoms with Gasteiger partial charge in [0.1, 0.15) is 5.54 Å². The van der Waals surface area contributed by atoms with Crippen molar-refractivity contribution >= 4 is 0 Å². The topological polar surface area (TPSA) is 56.0 Å². The fourth-order valence-electron chi connectivity index (χ4n) is 1.88. The molecule has 1 aromatic carbocycles. The molecule has 2 N–H and O–H groups in total. The molecule has 1 aliphatic rings. The summed E-state index contributed by atoms with van der Waals surface area (Å²) in [7, 11) is 0. The van der Waals surface area contributed by atoms with Gasteiger partial charge in [-0.3, -0.25) is 0 Å². The summed E-state index contributed by atoms with van der Waals surface area (Å²) < 4.78 is 38.0. The van der Waals surface area contributed by atoms with Crippen LogP contribution in [0.15, 0.2) is 24.3 Å². The minimum atomic E-state index is -4.28. The number of rotatable bonds is 4. The summed E-state index contributed by atoms with van der Waals surface area (Å²) in [6.07, 6.45) is -5.20. The van der Waals surface area contributed by atoms with E-state index >= 15 is 0 Å². The number of nitrogens with one attached hydrogen (secondary N) is 1. The van der Waals surface area contributed by atoms with E-state index in [0.717, 1.165) is 0 Å². The quantitative estimate of drug-likeness (QED) is 0.882. The number of benzene rings is 1. The normalized spacial score (nSPS) is 18.7. The van der Waals surface area contributed by atoms with Gasteiger partial charge in [-0.2, -0.15) is 18.4 Å². The molecule has 1 aliphatic carbocycles. The monoisotopic (exact) mass is 270 g/mol. The molecule has 0 spiro atoms. The van der Waals surface area contributed by atoms with Crippen LogP contribution in [0.5, 0.6) is 0 Å². The van der Waals surface area contributed by atoms with Crippen molar-refractivity contribution in [1.82, 2.24) is 5.32 Å². The van der Waals surface area contributed by atoms with Crippen LogP contribution in [-0.4, -0.2) is 23.4 Å².